The molecule has 1 saturated heterocycles. The van der Waals surface area contributed by atoms with Crippen LogP contribution in [0.1, 0.15) is 42.6 Å². The normalized spacial score (nSPS) is 15.2. The summed E-state index contributed by atoms with van der Waals surface area (Å²) in [6, 6.07) is 26.6. The molecule has 2 N–H and O–H groups in total. The highest BCUT2D eigenvalue weighted by atomic mass is 16.6. The number of hydrogen-bond donors (Lipinski definition) is 2. The first-order valence-corrected chi connectivity index (χ1v) is 17.5. The van der Waals surface area contributed by atoms with Gasteiger partial charge in [-0.15, -0.1) is 0 Å². The summed E-state index contributed by atoms with van der Waals surface area (Å²) in [6.07, 6.45) is 0.729. The third kappa shape index (κ3) is 7.60. The number of para-hydroxylation sites is 2. The van der Waals surface area contributed by atoms with Crippen molar-refractivity contribution >= 4 is 57.3 Å². The number of nitrogens with zero attached hydrogens (tertiary/aromatic N) is 4. The van der Waals surface area contributed by atoms with Crippen molar-refractivity contribution in [1.29, 1.82) is 0 Å². The van der Waals surface area contributed by atoms with Gasteiger partial charge in [0.15, 0.2) is 5.75 Å². The van der Waals surface area contributed by atoms with E-state index in [9.17, 15) is 34.4 Å². The van der Waals surface area contributed by atoms with Crippen molar-refractivity contribution in [3.63, 3.8) is 0 Å². The molecule has 0 aromatic heterocycles. The maximum Gasteiger partial charge on any atom is 0.350 e. The zero-order chi connectivity index (χ0) is 39.4. The number of hydrogen-bond acceptors (Lipinski definition) is 10. The second-order valence-corrected chi connectivity index (χ2v) is 13.4. The van der Waals surface area contributed by atoms with Gasteiger partial charge in [-0.25, -0.2) is 4.79 Å². The number of phenolic OH excluding ortho intramolecular Hbond substituents is 1. The number of phenols is 1. The van der Waals surface area contributed by atoms with Crippen molar-refractivity contribution in [3.05, 3.63) is 124 Å². The van der Waals surface area contributed by atoms with Crippen molar-refractivity contribution in [2.45, 2.75) is 33.6 Å². The fourth-order valence-electron chi connectivity index (χ4n) is 6.27. The molecule has 0 aliphatic carbocycles. The zero-order valence-corrected chi connectivity index (χ0v) is 30.6. The minimum atomic E-state index is -1.32. The van der Waals surface area contributed by atoms with Gasteiger partial charge < -0.3 is 19.9 Å². The Balaban J connectivity index is 1.40. The van der Waals surface area contributed by atoms with Crippen LogP contribution in [0.4, 0.5) is 27.5 Å². The van der Waals surface area contributed by atoms with E-state index in [-0.39, 0.29) is 53.8 Å². The van der Waals surface area contributed by atoms with E-state index in [1.807, 2.05) is 26.0 Å². The molecule has 6 rings (SSSR count). The predicted molar refractivity (Wildman–Crippen MR) is 206 cm³/mol. The summed E-state index contributed by atoms with van der Waals surface area (Å²) in [7, 11) is 1.34. The lowest BCUT2D eigenvalue weighted by atomic mass is 9.92. The van der Waals surface area contributed by atoms with Crippen LogP contribution in [0.15, 0.2) is 103 Å². The molecule has 14 heteroatoms. The molecule has 5 aromatic rings. The summed E-state index contributed by atoms with van der Waals surface area (Å²) in [5.41, 5.74) is -0.0266. The molecule has 282 valence electrons. The lowest BCUT2D eigenvalue weighted by molar-refractivity contribution is -0.384. The Kier molecular flexibility index (Phi) is 10.7. The molecule has 1 unspecified atom stereocenters. The van der Waals surface area contributed by atoms with Crippen LogP contribution in [0.3, 0.4) is 0 Å². The van der Waals surface area contributed by atoms with E-state index in [0.717, 1.165) is 21.5 Å². The third-order valence-corrected chi connectivity index (χ3v) is 9.33. The molecular formula is C41H39N5O9. The Morgan fingerprint density at radius 1 is 0.945 bits per heavy atom. The van der Waals surface area contributed by atoms with Gasteiger partial charge in [0, 0.05) is 42.1 Å². The number of esters is 1. The molecule has 1 fully saturated rings. The summed E-state index contributed by atoms with van der Waals surface area (Å²) >= 11 is 0. The maximum absolute atomic E-state index is 14.5. The standard InChI is InChI=1S/C41H39N5O9/c1-5-13-36(47)54-25-41(3)24-44(27-15-7-6-8-16-27)45(39(41)50)40(51)43(4)33-22-28(46(52)53)20-21-34(33)55-35-23-31(37(48)30-18-11-10-17-29(30)35)38(49)42-32-19-12-9-14-26(32)2/h6-12,14-23,48H,5,13,24-25H2,1-4H3,(H,42,49). The number of urea groups is 1. The number of nitro benzene ring substituents is 1. The second-order valence-electron chi connectivity index (χ2n) is 13.4. The van der Waals surface area contributed by atoms with Gasteiger partial charge in [-0.3, -0.25) is 34.4 Å². The molecule has 1 heterocycles. The first kappa shape index (κ1) is 37.8. The van der Waals surface area contributed by atoms with Gasteiger partial charge in [0.05, 0.1) is 28.4 Å². The van der Waals surface area contributed by atoms with Crippen molar-refractivity contribution in [1.82, 2.24) is 5.01 Å². The number of nitrogens with one attached hydrogen (secondary N) is 1. The Morgan fingerprint density at radius 3 is 2.31 bits per heavy atom. The number of non-ortho nitro benzene ring substituents is 1. The number of carbonyl (C=O) groups is 4. The van der Waals surface area contributed by atoms with E-state index >= 15 is 0 Å². The van der Waals surface area contributed by atoms with Crippen LogP contribution in [0.5, 0.6) is 17.2 Å². The topological polar surface area (TPSA) is 172 Å². The molecular weight excluding hydrogens is 706 g/mol. The summed E-state index contributed by atoms with van der Waals surface area (Å²) in [5.74, 6) is -1.96. The average Bonchev–Trinajstić information content (AvgIpc) is 3.45. The summed E-state index contributed by atoms with van der Waals surface area (Å²) < 4.78 is 11.9. The number of aromatic hydroxyl groups is 1. The largest absolute Gasteiger partial charge is 0.506 e. The Bertz CT molecular complexity index is 2320. The minimum Gasteiger partial charge on any atom is -0.506 e. The third-order valence-electron chi connectivity index (χ3n) is 9.33. The van der Waals surface area contributed by atoms with Crippen LogP contribution in [0.2, 0.25) is 0 Å². The van der Waals surface area contributed by atoms with E-state index in [4.69, 9.17) is 9.47 Å². The van der Waals surface area contributed by atoms with E-state index in [1.54, 1.807) is 73.7 Å². The summed E-state index contributed by atoms with van der Waals surface area (Å²) in [5, 5.41) is 29.2. The highest BCUT2D eigenvalue weighted by molar-refractivity contribution is 6.12. The number of ether oxygens (including phenoxy) is 2. The van der Waals surface area contributed by atoms with Gasteiger partial charge in [0.25, 0.3) is 17.5 Å². The highest BCUT2D eigenvalue weighted by Crippen LogP contribution is 2.43. The van der Waals surface area contributed by atoms with Crippen molar-refractivity contribution in [3.8, 4) is 17.2 Å². The number of nitro groups is 1. The monoisotopic (exact) mass is 745 g/mol. The van der Waals surface area contributed by atoms with Gasteiger partial charge in [0.2, 0.25) is 0 Å². The molecule has 1 aliphatic heterocycles. The Labute approximate surface area is 316 Å². The van der Waals surface area contributed by atoms with Gasteiger partial charge >= 0.3 is 12.0 Å². The summed E-state index contributed by atoms with van der Waals surface area (Å²) in [4.78, 5) is 67.0. The number of anilines is 3. The Hall–Kier alpha value is -6.96. The molecule has 5 aromatic carbocycles. The highest BCUT2D eigenvalue weighted by Gasteiger charge is 2.52. The molecule has 14 nitrogen and oxygen atoms in total. The molecule has 1 aliphatic rings. The van der Waals surface area contributed by atoms with Crippen molar-refractivity contribution < 1.29 is 38.7 Å². The molecule has 0 spiro atoms. The van der Waals surface area contributed by atoms with Crippen LogP contribution in [0.25, 0.3) is 10.8 Å². The van der Waals surface area contributed by atoms with Gasteiger partial charge in [-0.1, -0.05) is 67.6 Å². The van der Waals surface area contributed by atoms with Crippen LogP contribution < -0.4 is 20.0 Å². The SMILES string of the molecule is CCCC(=O)OCC1(C)CN(c2ccccc2)N(C(=O)N(C)c2cc([N+](=O)[O-])ccc2Oc2cc(C(=O)Nc3ccccc3C)c(O)c3ccccc23)C1=O. The average molecular weight is 746 g/mol. The molecule has 0 bridgehead atoms. The van der Waals surface area contributed by atoms with Crippen molar-refractivity contribution in [2.75, 3.05) is 35.4 Å². The quantitative estimate of drug-likeness (QED) is 0.0767. The fraction of sp³-hybridized carbons (Fsp3) is 0.220. The van der Waals surface area contributed by atoms with Crippen molar-refractivity contribution in [2.24, 2.45) is 5.41 Å². The predicted octanol–water partition coefficient (Wildman–Crippen LogP) is 7.98. The zero-order valence-electron chi connectivity index (χ0n) is 30.6. The lowest BCUT2D eigenvalue weighted by Gasteiger charge is -2.31. The molecule has 55 heavy (non-hydrogen) atoms. The Morgan fingerprint density at radius 2 is 1.62 bits per heavy atom. The number of aryl methyl sites for hydroxylation is 1. The summed E-state index contributed by atoms with van der Waals surface area (Å²) in [6.45, 7) is 4.97. The van der Waals surface area contributed by atoms with E-state index in [2.05, 4.69) is 5.32 Å². The first-order valence-electron chi connectivity index (χ1n) is 17.5. The number of benzene rings is 5. The van der Waals surface area contributed by atoms with E-state index < -0.39 is 34.2 Å². The smallest absolute Gasteiger partial charge is 0.350 e. The minimum absolute atomic E-state index is 0.0139. The fourth-order valence-corrected chi connectivity index (χ4v) is 6.27. The molecule has 0 radical (unpaired) electrons. The maximum atomic E-state index is 14.5. The number of hydrazine groups is 1. The lowest BCUT2D eigenvalue weighted by Crippen LogP contribution is -2.50. The van der Waals surface area contributed by atoms with E-state index in [0.29, 0.717) is 28.6 Å². The molecule has 0 saturated carbocycles. The van der Waals surface area contributed by atoms with Gasteiger partial charge in [0.1, 0.15) is 23.5 Å². The number of imide groups is 1. The first-order chi connectivity index (χ1) is 26.3. The van der Waals surface area contributed by atoms with Crippen LogP contribution in [-0.4, -0.2) is 59.1 Å². The number of carbonyl (C=O) groups excluding carboxylic acids is 4. The number of amides is 4. The van der Waals surface area contributed by atoms with Gasteiger partial charge in [-0.05, 0) is 56.2 Å². The van der Waals surface area contributed by atoms with Gasteiger partial charge in [-0.2, -0.15) is 5.01 Å². The van der Waals surface area contributed by atoms with E-state index in [1.165, 1.54) is 30.3 Å². The molecule has 1 atom stereocenters. The van der Waals surface area contributed by atoms with Crippen LogP contribution in [-0.2, 0) is 14.3 Å². The van der Waals surface area contributed by atoms with Crippen LogP contribution >= 0.6 is 0 Å². The number of fused-ring (bicyclic) bond motifs is 1. The molecule has 4 amide bonds. The number of rotatable bonds is 11. The second kappa shape index (κ2) is 15.6. The van der Waals surface area contributed by atoms with Crippen LogP contribution in [0, 0.1) is 22.5 Å².